The third-order valence-electron chi connectivity index (χ3n) is 3.54. The maximum Gasteiger partial charge on any atom is 0.327 e. The van der Waals surface area contributed by atoms with Crippen molar-refractivity contribution in [3.05, 3.63) is 52.4 Å². The van der Waals surface area contributed by atoms with Gasteiger partial charge in [-0.1, -0.05) is 74.2 Å². The minimum absolute atomic E-state index is 0.231. The first kappa shape index (κ1) is 18.4. The van der Waals surface area contributed by atoms with E-state index >= 15 is 0 Å². The van der Waals surface area contributed by atoms with E-state index in [4.69, 9.17) is 12.2 Å². The van der Waals surface area contributed by atoms with Gasteiger partial charge in [0, 0.05) is 0 Å². The van der Waals surface area contributed by atoms with Gasteiger partial charge in [-0.05, 0) is 30.1 Å². The Morgan fingerprint density at radius 1 is 1.29 bits per heavy atom. The van der Waals surface area contributed by atoms with Gasteiger partial charge >= 0.3 is 5.97 Å². The van der Waals surface area contributed by atoms with Gasteiger partial charge in [0.25, 0.3) is 5.91 Å². The predicted octanol–water partition coefficient (Wildman–Crippen LogP) is 3.94. The van der Waals surface area contributed by atoms with Gasteiger partial charge in [0.15, 0.2) is 0 Å². The van der Waals surface area contributed by atoms with E-state index in [1.54, 1.807) is 19.9 Å². The number of thioether (sulfide) groups is 1. The Kier molecular flexibility index (Phi) is 5.96. The molecule has 1 heterocycles. The fourth-order valence-corrected chi connectivity index (χ4v) is 3.85. The summed E-state index contributed by atoms with van der Waals surface area (Å²) in [5.74, 6) is -1.61. The number of hydrogen-bond donors (Lipinski definition) is 1. The fraction of sp³-hybridized carbons (Fsp3) is 0.278. The lowest BCUT2D eigenvalue weighted by Gasteiger charge is -2.26. The Balaban J connectivity index is 2.28. The molecule has 1 aromatic rings. The Bertz CT molecular complexity index is 723. The van der Waals surface area contributed by atoms with Gasteiger partial charge in [0.2, 0.25) is 0 Å². The number of aliphatic carboxylic acids is 1. The smallest absolute Gasteiger partial charge is 0.327 e. The van der Waals surface area contributed by atoms with Gasteiger partial charge < -0.3 is 5.11 Å². The van der Waals surface area contributed by atoms with Crippen LogP contribution in [0.4, 0.5) is 0 Å². The molecule has 6 heteroatoms. The lowest BCUT2D eigenvalue weighted by molar-refractivity contribution is -0.146. The number of carbonyl (C=O) groups excluding carboxylic acids is 1. The van der Waals surface area contributed by atoms with Crippen LogP contribution in [0.1, 0.15) is 26.3 Å². The Morgan fingerprint density at radius 2 is 1.92 bits per heavy atom. The maximum atomic E-state index is 12.6. The van der Waals surface area contributed by atoms with Crippen LogP contribution in [0.2, 0.25) is 0 Å². The number of carboxylic acid groups (broad SMARTS) is 1. The molecule has 0 bridgehead atoms. The van der Waals surface area contributed by atoms with Crippen molar-refractivity contribution in [1.29, 1.82) is 0 Å². The third-order valence-corrected chi connectivity index (χ3v) is 4.87. The molecule has 1 N–H and O–H groups in total. The number of amides is 1. The second-order valence-electron chi connectivity index (χ2n) is 5.88. The Labute approximate surface area is 151 Å². The van der Waals surface area contributed by atoms with Gasteiger partial charge in [-0.3, -0.25) is 9.69 Å². The number of hydrogen-bond acceptors (Lipinski definition) is 4. The number of nitrogens with zero attached hydrogens (tertiary/aromatic N) is 1. The molecule has 1 fully saturated rings. The summed E-state index contributed by atoms with van der Waals surface area (Å²) in [5, 5.41) is 9.41. The molecule has 1 aliphatic rings. The molecule has 1 aliphatic heterocycles. The van der Waals surface area contributed by atoms with Crippen LogP contribution >= 0.6 is 24.0 Å². The molecule has 1 atom stereocenters. The summed E-state index contributed by atoms with van der Waals surface area (Å²) >= 11 is 6.38. The van der Waals surface area contributed by atoms with E-state index in [1.807, 2.05) is 43.3 Å². The largest absolute Gasteiger partial charge is 0.480 e. The molecule has 0 radical (unpaired) electrons. The van der Waals surface area contributed by atoms with Crippen LogP contribution in [0.5, 0.6) is 0 Å². The average Bonchev–Trinajstić information content (AvgIpc) is 2.75. The van der Waals surface area contributed by atoms with Crippen LogP contribution in [0.3, 0.4) is 0 Å². The zero-order valence-corrected chi connectivity index (χ0v) is 15.4. The SMILES string of the molecule is CC(/C=C1\SC(=S)N([C@H](C(=O)O)C(C)C)C1=O)=C\c1ccccc1. The molecule has 0 unspecified atom stereocenters. The highest BCUT2D eigenvalue weighted by molar-refractivity contribution is 8.26. The zero-order chi connectivity index (χ0) is 17.9. The summed E-state index contributed by atoms with van der Waals surface area (Å²) < 4.78 is 0.292. The lowest BCUT2D eigenvalue weighted by Crippen LogP contribution is -2.47. The van der Waals surface area contributed by atoms with Crippen molar-refractivity contribution in [2.45, 2.75) is 26.8 Å². The molecule has 4 nitrogen and oxygen atoms in total. The van der Waals surface area contributed by atoms with Gasteiger partial charge in [-0.25, -0.2) is 4.79 Å². The van der Waals surface area contributed by atoms with E-state index in [9.17, 15) is 14.7 Å². The summed E-state index contributed by atoms with van der Waals surface area (Å²) in [6, 6.07) is 8.83. The normalized spacial score (nSPS) is 18.6. The number of carboxylic acids is 1. The van der Waals surface area contributed by atoms with E-state index in [1.165, 1.54) is 4.90 Å². The first-order chi connectivity index (χ1) is 11.3. The number of rotatable bonds is 5. The highest BCUT2D eigenvalue weighted by Gasteiger charge is 2.41. The summed E-state index contributed by atoms with van der Waals surface area (Å²) in [4.78, 5) is 25.8. The molecule has 0 spiro atoms. The van der Waals surface area contributed by atoms with Crippen LogP contribution < -0.4 is 0 Å². The number of thiocarbonyl (C=S) groups is 1. The van der Waals surface area contributed by atoms with Crippen LogP contribution in [0, 0.1) is 5.92 Å². The van der Waals surface area contributed by atoms with E-state index in [-0.39, 0.29) is 11.8 Å². The highest BCUT2D eigenvalue weighted by Crippen LogP contribution is 2.35. The Morgan fingerprint density at radius 3 is 2.46 bits per heavy atom. The minimum Gasteiger partial charge on any atom is -0.480 e. The molecule has 0 aromatic heterocycles. The first-order valence-electron chi connectivity index (χ1n) is 7.54. The van der Waals surface area contributed by atoms with Crippen molar-refractivity contribution in [2.75, 3.05) is 0 Å². The van der Waals surface area contributed by atoms with E-state index < -0.39 is 12.0 Å². The van der Waals surface area contributed by atoms with Crippen LogP contribution in [-0.4, -0.2) is 32.2 Å². The monoisotopic (exact) mass is 361 g/mol. The van der Waals surface area contributed by atoms with Crippen molar-refractivity contribution in [1.82, 2.24) is 4.90 Å². The van der Waals surface area contributed by atoms with Crippen LogP contribution in [-0.2, 0) is 9.59 Å². The number of benzene rings is 1. The maximum absolute atomic E-state index is 12.6. The second-order valence-corrected chi connectivity index (χ2v) is 7.55. The summed E-state index contributed by atoms with van der Waals surface area (Å²) in [5.41, 5.74) is 1.94. The summed E-state index contributed by atoms with van der Waals surface area (Å²) in [6.45, 7) is 5.43. The first-order valence-corrected chi connectivity index (χ1v) is 8.77. The van der Waals surface area contributed by atoms with Gasteiger partial charge in [-0.2, -0.15) is 0 Å². The third kappa shape index (κ3) is 4.13. The molecule has 126 valence electrons. The van der Waals surface area contributed by atoms with Crippen molar-refractivity contribution < 1.29 is 14.7 Å². The van der Waals surface area contributed by atoms with Crippen molar-refractivity contribution in [3.63, 3.8) is 0 Å². The molecule has 1 aromatic carbocycles. The predicted molar refractivity (Wildman–Crippen MR) is 101 cm³/mol. The highest BCUT2D eigenvalue weighted by atomic mass is 32.2. The van der Waals surface area contributed by atoms with Crippen LogP contribution in [0.25, 0.3) is 6.08 Å². The molecular formula is C18H19NO3S2. The van der Waals surface area contributed by atoms with Crippen molar-refractivity contribution in [3.8, 4) is 0 Å². The second kappa shape index (κ2) is 7.77. The van der Waals surface area contributed by atoms with Crippen molar-refractivity contribution >= 4 is 46.3 Å². The standard InChI is InChI=1S/C18H19NO3S2/c1-11(2)15(17(21)22)19-16(20)14(24-18(19)23)10-12(3)9-13-7-5-4-6-8-13/h4-11,15H,1-3H3,(H,21,22)/b12-9+,14-10-/t15-/m0/s1. The molecule has 2 rings (SSSR count). The summed E-state index contributed by atoms with van der Waals surface area (Å²) in [7, 11) is 0. The topological polar surface area (TPSA) is 57.6 Å². The van der Waals surface area contributed by atoms with Gasteiger partial charge in [0.05, 0.1) is 4.91 Å². The molecule has 0 aliphatic carbocycles. The van der Waals surface area contributed by atoms with Gasteiger partial charge in [0.1, 0.15) is 10.4 Å². The van der Waals surface area contributed by atoms with E-state index in [0.717, 1.165) is 22.9 Å². The lowest BCUT2D eigenvalue weighted by atomic mass is 10.0. The molecule has 1 saturated heterocycles. The molecule has 0 saturated carbocycles. The minimum atomic E-state index is -1.04. The molecule has 1 amide bonds. The molecule has 24 heavy (non-hydrogen) atoms. The zero-order valence-electron chi connectivity index (χ0n) is 13.7. The summed E-state index contributed by atoms with van der Waals surface area (Å²) in [6.07, 6.45) is 3.72. The van der Waals surface area contributed by atoms with Crippen LogP contribution in [0.15, 0.2) is 46.9 Å². The van der Waals surface area contributed by atoms with Gasteiger partial charge in [-0.15, -0.1) is 0 Å². The Hall–Kier alpha value is -1.92. The number of allylic oxidation sites excluding steroid dienone is 2. The fourth-order valence-electron chi connectivity index (χ4n) is 2.47. The van der Waals surface area contributed by atoms with E-state index in [2.05, 4.69) is 0 Å². The number of carbonyl (C=O) groups is 2. The van der Waals surface area contributed by atoms with E-state index in [0.29, 0.717) is 9.23 Å². The average molecular weight is 361 g/mol. The quantitative estimate of drug-likeness (QED) is 0.636. The van der Waals surface area contributed by atoms with Crippen molar-refractivity contribution in [2.24, 2.45) is 5.92 Å². The molecular weight excluding hydrogens is 342 g/mol.